The molecule has 1 saturated heterocycles. The molecule has 0 bridgehead atoms. The molecule has 2 aliphatic rings. The van der Waals surface area contributed by atoms with E-state index in [1.807, 2.05) is 39.0 Å². The third kappa shape index (κ3) is 5.68. The van der Waals surface area contributed by atoms with Crippen molar-refractivity contribution in [3.05, 3.63) is 30.3 Å². The number of rotatable bonds is 3. The highest BCUT2D eigenvalue weighted by Gasteiger charge is 2.67. The number of carbonyl (C=O) groups excluding carboxylic acids is 3. The molecule has 31 heavy (non-hydrogen) atoms. The molecule has 170 valence electrons. The lowest BCUT2D eigenvalue weighted by Crippen LogP contribution is -2.39. The summed E-state index contributed by atoms with van der Waals surface area (Å²) in [4.78, 5) is 39.6. The van der Waals surface area contributed by atoms with Crippen molar-refractivity contribution in [3.63, 3.8) is 0 Å². The molecule has 1 aromatic carbocycles. The lowest BCUT2D eigenvalue weighted by molar-refractivity contribution is -0.161. The van der Waals surface area contributed by atoms with Crippen LogP contribution in [-0.4, -0.2) is 53.3 Å². The number of benzene rings is 1. The Kier molecular flexibility index (Phi) is 5.95. The number of nitrogens with one attached hydrogen (secondary N) is 2. The highest BCUT2D eigenvalue weighted by atomic mass is 16.6. The first kappa shape index (κ1) is 22.9. The van der Waals surface area contributed by atoms with Crippen molar-refractivity contribution < 1.29 is 23.9 Å². The number of likely N-dealkylation sites (tertiary alicyclic amines) is 1. The maximum Gasteiger partial charge on any atom is 0.410 e. The largest absolute Gasteiger partial charge is 0.460 e. The lowest BCUT2D eigenvalue weighted by Gasteiger charge is -2.25. The smallest absolute Gasteiger partial charge is 0.410 e. The minimum absolute atomic E-state index is 0.211. The Balaban J connectivity index is 1.71. The zero-order valence-electron chi connectivity index (χ0n) is 19.2. The molecule has 8 heteroatoms. The maximum atomic E-state index is 13.0. The number of para-hydroxylation sites is 1. The van der Waals surface area contributed by atoms with Gasteiger partial charge >= 0.3 is 18.1 Å². The van der Waals surface area contributed by atoms with Crippen LogP contribution in [-0.2, 0) is 14.3 Å². The van der Waals surface area contributed by atoms with Crippen molar-refractivity contribution in [1.82, 2.24) is 10.2 Å². The molecule has 1 aliphatic heterocycles. The number of hydrogen-bond donors (Lipinski definition) is 2. The summed E-state index contributed by atoms with van der Waals surface area (Å²) in [5.74, 6) is -0.882. The van der Waals surface area contributed by atoms with E-state index in [0.29, 0.717) is 18.7 Å². The summed E-state index contributed by atoms with van der Waals surface area (Å²) < 4.78 is 11.1. The van der Waals surface area contributed by atoms with Crippen LogP contribution < -0.4 is 10.6 Å². The van der Waals surface area contributed by atoms with Crippen LogP contribution >= 0.6 is 0 Å². The Morgan fingerprint density at radius 1 is 1.00 bits per heavy atom. The van der Waals surface area contributed by atoms with E-state index in [2.05, 4.69) is 10.6 Å². The standard InChI is InChI=1S/C23H33N3O5/c1-21(2,3)30-18(27)16-13-26(20(29)31-22(4,5)6)14-23(16)12-17(23)25-19(28)24-15-10-8-7-9-11-15/h7-11,16-17H,12-14H2,1-6H3,(H2,24,25,28)/t16-,17-,23?/m0/s1. The molecule has 3 rings (SSSR count). The highest BCUT2D eigenvalue weighted by Crippen LogP contribution is 2.57. The van der Waals surface area contributed by atoms with Crippen LogP contribution in [0, 0.1) is 11.3 Å². The van der Waals surface area contributed by atoms with Gasteiger partial charge in [-0.3, -0.25) is 4.79 Å². The second-order valence-electron chi connectivity index (χ2n) is 10.4. The Morgan fingerprint density at radius 3 is 2.19 bits per heavy atom. The van der Waals surface area contributed by atoms with Crippen molar-refractivity contribution >= 4 is 23.8 Å². The summed E-state index contributed by atoms with van der Waals surface area (Å²) in [5, 5.41) is 5.75. The average Bonchev–Trinajstić information content (AvgIpc) is 3.11. The van der Waals surface area contributed by atoms with Gasteiger partial charge in [0.05, 0.1) is 5.92 Å². The van der Waals surface area contributed by atoms with Crippen LogP contribution in [0.15, 0.2) is 30.3 Å². The third-order valence-electron chi connectivity index (χ3n) is 5.38. The van der Waals surface area contributed by atoms with Crippen LogP contribution in [0.25, 0.3) is 0 Å². The van der Waals surface area contributed by atoms with Gasteiger partial charge in [0.2, 0.25) is 0 Å². The van der Waals surface area contributed by atoms with E-state index in [1.165, 1.54) is 0 Å². The molecular formula is C23H33N3O5. The molecule has 8 nitrogen and oxygen atoms in total. The van der Waals surface area contributed by atoms with Crippen LogP contribution in [0.2, 0.25) is 0 Å². The fraction of sp³-hybridized carbons (Fsp3) is 0.609. The number of nitrogens with zero attached hydrogens (tertiary/aromatic N) is 1. The zero-order chi connectivity index (χ0) is 23.0. The predicted molar refractivity (Wildman–Crippen MR) is 117 cm³/mol. The minimum Gasteiger partial charge on any atom is -0.460 e. The van der Waals surface area contributed by atoms with Gasteiger partial charge < -0.3 is 25.0 Å². The average molecular weight is 432 g/mol. The highest BCUT2D eigenvalue weighted by molar-refractivity contribution is 5.90. The second-order valence-corrected chi connectivity index (χ2v) is 10.4. The predicted octanol–water partition coefficient (Wildman–Crippen LogP) is 3.78. The first-order valence-electron chi connectivity index (χ1n) is 10.6. The summed E-state index contributed by atoms with van der Waals surface area (Å²) >= 11 is 0. The van der Waals surface area contributed by atoms with Gasteiger partial charge in [-0.2, -0.15) is 0 Å². The molecule has 0 radical (unpaired) electrons. The van der Waals surface area contributed by atoms with Crippen LogP contribution in [0.4, 0.5) is 15.3 Å². The molecule has 1 heterocycles. The summed E-state index contributed by atoms with van der Waals surface area (Å²) in [5.41, 5.74) is -1.14. The SMILES string of the molecule is CC(C)(C)OC(=O)[C@@H]1CN(C(=O)OC(C)(C)C)CC12C[C@@H]2NC(=O)Nc1ccccc1. The van der Waals surface area contributed by atoms with E-state index in [1.54, 1.807) is 37.8 Å². The van der Waals surface area contributed by atoms with Crippen LogP contribution in [0.1, 0.15) is 48.0 Å². The Hall–Kier alpha value is -2.77. The molecule has 3 amide bonds. The first-order chi connectivity index (χ1) is 14.3. The van der Waals surface area contributed by atoms with E-state index in [0.717, 1.165) is 0 Å². The van der Waals surface area contributed by atoms with Crippen molar-refractivity contribution in [2.45, 2.75) is 65.2 Å². The van der Waals surface area contributed by atoms with Crippen molar-refractivity contribution in [1.29, 1.82) is 0 Å². The van der Waals surface area contributed by atoms with Crippen molar-refractivity contribution in [2.24, 2.45) is 11.3 Å². The normalized spacial score (nSPS) is 25.2. The van der Waals surface area contributed by atoms with Crippen LogP contribution in [0.3, 0.4) is 0 Å². The molecule has 1 aromatic rings. The number of carbonyl (C=O) groups is 3. The van der Waals surface area contributed by atoms with Gasteiger partial charge in [0, 0.05) is 30.2 Å². The lowest BCUT2D eigenvalue weighted by atomic mass is 9.91. The van der Waals surface area contributed by atoms with Gasteiger partial charge in [0.25, 0.3) is 0 Å². The molecule has 0 aromatic heterocycles. The van der Waals surface area contributed by atoms with Gasteiger partial charge in [0.1, 0.15) is 11.2 Å². The molecule has 1 saturated carbocycles. The monoisotopic (exact) mass is 431 g/mol. The number of esters is 1. The molecule has 1 unspecified atom stereocenters. The number of hydrogen-bond acceptors (Lipinski definition) is 5. The maximum absolute atomic E-state index is 13.0. The van der Waals surface area contributed by atoms with Crippen molar-refractivity contribution in [2.75, 3.05) is 18.4 Å². The second kappa shape index (κ2) is 8.05. The Labute approximate surface area is 183 Å². The van der Waals surface area contributed by atoms with Gasteiger partial charge in [-0.05, 0) is 60.1 Å². The summed E-state index contributed by atoms with van der Waals surface area (Å²) in [6, 6.07) is 8.56. The fourth-order valence-corrected chi connectivity index (χ4v) is 4.00. The van der Waals surface area contributed by atoms with Crippen LogP contribution in [0.5, 0.6) is 0 Å². The molecular weight excluding hydrogens is 398 g/mol. The number of ether oxygens (including phenoxy) is 2. The fourth-order valence-electron chi connectivity index (χ4n) is 4.00. The van der Waals surface area contributed by atoms with Gasteiger partial charge in [-0.1, -0.05) is 18.2 Å². The summed E-state index contributed by atoms with van der Waals surface area (Å²) in [7, 11) is 0. The molecule has 2 N–H and O–H groups in total. The van der Waals surface area contributed by atoms with E-state index in [4.69, 9.17) is 9.47 Å². The minimum atomic E-state index is -0.639. The number of anilines is 1. The zero-order valence-corrected chi connectivity index (χ0v) is 19.2. The molecule has 2 fully saturated rings. The Bertz CT molecular complexity index is 843. The number of amides is 3. The van der Waals surface area contributed by atoms with E-state index in [9.17, 15) is 14.4 Å². The van der Waals surface area contributed by atoms with Gasteiger partial charge in [0.15, 0.2) is 0 Å². The molecule has 1 aliphatic carbocycles. The summed E-state index contributed by atoms with van der Waals surface area (Å²) in [6.07, 6.45) is 0.135. The quantitative estimate of drug-likeness (QED) is 0.710. The van der Waals surface area contributed by atoms with Crippen molar-refractivity contribution in [3.8, 4) is 0 Å². The van der Waals surface area contributed by atoms with E-state index in [-0.39, 0.29) is 24.6 Å². The van der Waals surface area contributed by atoms with Gasteiger partial charge in [-0.25, -0.2) is 9.59 Å². The van der Waals surface area contributed by atoms with E-state index >= 15 is 0 Å². The first-order valence-corrected chi connectivity index (χ1v) is 10.6. The Morgan fingerprint density at radius 2 is 1.61 bits per heavy atom. The number of urea groups is 1. The van der Waals surface area contributed by atoms with Gasteiger partial charge in [-0.15, -0.1) is 0 Å². The van der Waals surface area contributed by atoms with E-state index < -0.39 is 28.6 Å². The third-order valence-corrected chi connectivity index (χ3v) is 5.38. The molecule has 3 atom stereocenters. The summed E-state index contributed by atoms with van der Waals surface area (Å²) in [6.45, 7) is 11.4. The molecule has 1 spiro atoms. The topological polar surface area (TPSA) is 97.0 Å².